The molecule has 0 aliphatic carbocycles. The number of anilines is 2. The number of amides is 2. The Morgan fingerprint density at radius 3 is 1.19 bits per heavy atom. The van der Waals surface area contributed by atoms with Crippen LogP contribution in [0, 0.1) is 0 Å². The van der Waals surface area contributed by atoms with Crippen LogP contribution in [-0.4, -0.2) is 11.8 Å². The molecular formula is C27H22N2O2. The third-order valence-electron chi connectivity index (χ3n) is 4.90. The highest BCUT2D eigenvalue weighted by atomic mass is 16.2. The van der Waals surface area contributed by atoms with Crippen molar-refractivity contribution >= 4 is 23.2 Å². The van der Waals surface area contributed by atoms with Crippen molar-refractivity contribution in [2.45, 2.75) is 6.42 Å². The fourth-order valence-electron chi connectivity index (χ4n) is 3.23. The Hall–Kier alpha value is -4.18. The van der Waals surface area contributed by atoms with Gasteiger partial charge in [0.2, 0.25) is 0 Å². The van der Waals surface area contributed by atoms with Gasteiger partial charge in [0, 0.05) is 22.5 Å². The molecule has 0 spiro atoms. The van der Waals surface area contributed by atoms with Gasteiger partial charge in [-0.3, -0.25) is 9.59 Å². The molecule has 2 amide bonds. The van der Waals surface area contributed by atoms with Gasteiger partial charge in [-0.05, 0) is 66.1 Å². The molecule has 0 unspecified atom stereocenters. The molecular weight excluding hydrogens is 384 g/mol. The van der Waals surface area contributed by atoms with Crippen molar-refractivity contribution in [3.63, 3.8) is 0 Å². The summed E-state index contributed by atoms with van der Waals surface area (Å²) in [7, 11) is 0. The van der Waals surface area contributed by atoms with E-state index in [0.717, 1.165) is 28.9 Å². The summed E-state index contributed by atoms with van der Waals surface area (Å²) < 4.78 is 0. The molecule has 4 rings (SSSR count). The minimum Gasteiger partial charge on any atom is -0.322 e. The lowest BCUT2D eigenvalue weighted by molar-refractivity contribution is 0.101. The van der Waals surface area contributed by atoms with E-state index in [1.807, 2.05) is 84.9 Å². The quantitative estimate of drug-likeness (QED) is 0.426. The van der Waals surface area contributed by atoms with E-state index in [4.69, 9.17) is 0 Å². The largest absolute Gasteiger partial charge is 0.322 e. The van der Waals surface area contributed by atoms with Gasteiger partial charge < -0.3 is 10.6 Å². The zero-order valence-electron chi connectivity index (χ0n) is 16.9. The van der Waals surface area contributed by atoms with Gasteiger partial charge in [0.25, 0.3) is 11.8 Å². The van der Waals surface area contributed by atoms with E-state index < -0.39 is 0 Å². The normalized spacial score (nSPS) is 10.3. The molecule has 0 atom stereocenters. The van der Waals surface area contributed by atoms with Gasteiger partial charge in [-0.25, -0.2) is 0 Å². The maximum absolute atomic E-state index is 12.2. The van der Waals surface area contributed by atoms with Gasteiger partial charge in [0.15, 0.2) is 0 Å². The molecule has 152 valence electrons. The van der Waals surface area contributed by atoms with E-state index >= 15 is 0 Å². The Morgan fingerprint density at radius 2 is 0.839 bits per heavy atom. The lowest BCUT2D eigenvalue weighted by Gasteiger charge is -2.08. The summed E-state index contributed by atoms with van der Waals surface area (Å²) in [4.78, 5) is 24.5. The van der Waals surface area contributed by atoms with Crippen LogP contribution in [0.5, 0.6) is 0 Å². The molecule has 0 aliphatic heterocycles. The topological polar surface area (TPSA) is 58.2 Å². The van der Waals surface area contributed by atoms with Gasteiger partial charge in [0.05, 0.1) is 0 Å². The van der Waals surface area contributed by atoms with E-state index in [-0.39, 0.29) is 11.8 Å². The van der Waals surface area contributed by atoms with E-state index in [2.05, 4.69) is 10.6 Å². The van der Waals surface area contributed by atoms with Crippen LogP contribution in [0.25, 0.3) is 0 Å². The van der Waals surface area contributed by atoms with Crippen molar-refractivity contribution in [3.8, 4) is 0 Å². The van der Waals surface area contributed by atoms with Crippen LogP contribution in [-0.2, 0) is 6.42 Å². The molecule has 0 radical (unpaired) electrons. The maximum Gasteiger partial charge on any atom is 0.255 e. The van der Waals surface area contributed by atoms with Crippen LogP contribution in [0.15, 0.2) is 109 Å². The lowest BCUT2D eigenvalue weighted by Crippen LogP contribution is -2.11. The summed E-state index contributed by atoms with van der Waals surface area (Å²) in [5.74, 6) is -0.247. The lowest BCUT2D eigenvalue weighted by atomic mass is 10.0. The van der Waals surface area contributed by atoms with Crippen LogP contribution in [0.4, 0.5) is 11.4 Å². The molecule has 4 aromatic rings. The molecule has 4 heteroatoms. The second kappa shape index (κ2) is 9.55. The second-order valence-corrected chi connectivity index (χ2v) is 7.21. The fourth-order valence-corrected chi connectivity index (χ4v) is 3.23. The summed E-state index contributed by atoms with van der Waals surface area (Å²) in [5.41, 5.74) is 5.06. The highest BCUT2D eigenvalue weighted by Gasteiger charge is 2.07. The molecule has 2 N–H and O–H groups in total. The van der Waals surface area contributed by atoms with Gasteiger partial charge in [0.1, 0.15) is 0 Å². The molecule has 4 nitrogen and oxygen atoms in total. The zero-order chi connectivity index (χ0) is 21.5. The van der Waals surface area contributed by atoms with E-state index in [1.54, 1.807) is 24.3 Å². The first-order valence-corrected chi connectivity index (χ1v) is 10.1. The number of hydrogen-bond acceptors (Lipinski definition) is 2. The smallest absolute Gasteiger partial charge is 0.255 e. The summed E-state index contributed by atoms with van der Waals surface area (Å²) in [6.45, 7) is 0. The Balaban J connectivity index is 1.34. The minimum atomic E-state index is -0.124. The number of nitrogens with one attached hydrogen (secondary N) is 2. The molecule has 31 heavy (non-hydrogen) atoms. The predicted octanol–water partition coefficient (Wildman–Crippen LogP) is 5.78. The molecule has 0 heterocycles. The van der Waals surface area contributed by atoms with Crippen molar-refractivity contribution in [2.24, 2.45) is 0 Å². The maximum atomic E-state index is 12.2. The van der Waals surface area contributed by atoms with Crippen molar-refractivity contribution in [2.75, 3.05) is 10.6 Å². The monoisotopic (exact) mass is 406 g/mol. The predicted molar refractivity (Wildman–Crippen MR) is 124 cm³/mol. The van der Waals surface area contributed by atoms with E-state index in [0.29, 0.717) is 11.1 Å². The number of hydrogen-bond donors (Lipinski definition) is 2. The number of rotatable bonds is 6. The van der Waals surface area contributed by atoms with Crippen LogP contribution in [0.3, 0.4) is 0 Å². The van der Waals surface area contributed by atoms with Gasteiger partial charge in [-0.15, -0.1) is 0 Å². The first-order valence-electron chi connectivity index (χ1n) is 10.1. The Labute approximate surface area is 181 Å². The molecule has 0 fully saturated rings. The average Bonchev–Trinajstić information content (AvgIpc) is 2.82. The third-order valence-corrected chi connectivity index (χ3v) is 4.90. The highest BCUT2D eigenvalue weighted by Crippen LogP contribution is 2.17. The second-order valence-electron chi connectivity index (χ2n) is 7.21. The average molecular weight is 406 g/mol. The van der Waals surface area contributed by atoms with Gasteiger partial charge in [-0.2, -0.15) is 0 Å². The molecule has 4 aromatic carbocycles. The van der Waals surface area contributed by atoms with Crippen molar-refractivity contribution in [1.82, 2.24) is 0 Å². The van der Waals surface area contributed by atoms with Gasteiger partial charge >= 0.3 is 0 Å². The van der Waals surface area contributed by atoms with Crippen LogP contribution in [0.2, 0.25) is 0 Å². The summed E-state index contributed by atoms with van der Waals surface area (Å²) in [6, 6.07) is 33.9. The Kier molecular flexibility index (Phi) is 6.19. The van der Waals surface area contributed by atoms with Gasteiger partial charge in [-0.1, -0.05) is 60.7 Å². The SMILES string of the molecule is O=C(Nc1ccc(Cc2ccc(NC(=O)c3ccccc3)cc2)cc1)c1ccccc1. The molecule has 0 bridgehead atoms. The molecule has 0 saturated heterocycles. The van der Waals surface area contributed by atoms with Crippen molar-refractivity contribution in [1.29, 1.82) is 0 Å². The number of carbonyl (C=O) groups is 2. The molecule has 0 saturated carbocycles. The van der Waals surface area contributed by atoms with Crippen LogP contribution in [0.1, 0.15) is 31.8 Å². The third kappa shape index (κ3) is 5.46. The Bertz CT molecular complexity index is 1060. The number of benzene rings is 4. The summed E-state index contributed by atoms with van der Waals surface area (Å²) in [6.07, 6.45) is 0.764. The van der Waals surface area contributed by atoms with Crippen molar-refractivity contribution in [3.05, 3.63) is 131 Å². The first kappa shape index (κ1) is 20.1. The van der Waals surface area contributed by atoms with Crippen molar-refractivity contribution < 1.29 is 9.59 Å². The van der Waals surface area contributed by atoms with Crippen LogP contribution < -0.4 is 10.6 Å². The van der Waals surface area contributed by atoms with Crippen LogP contribution >= 0.6 is 0 Å². The first-order chi connectivity index (χ1) is 15.2. The highest BCUT2D eigenvalue weighted by molar-refractivity contribution is 6.04. The summed E-state index contributed by atoms with van der Waals surface area (Å²) >= 11 is 0. The number of carbonyl (C=O) groups excluding carboxylic acids is 2. The minimum absolute atomic E-state index is 0.124. The Morgan fingerprint density at radius 1 is 0.484 bits per heavy atom. The zero-order valence-corrected chi connectivity index (χ0v) is 16.9. The summed E-state index contributed by atoms with van der Waals surface area (Å²) in [5, 5.41) is 5.82. The molecule has 0 aliphatic rings. The fraction of sp³-hybridized carbons (Fsp3) is 0.0370. The standard InChI is InChI=1S/C27H22N2O2/c30-26(22-7-3-1-4-8-22)28-24-15-11-20(12-16-24)19-21-13-17-25(18-14-21)29-27(31)23-9-5-2-6-10-23/h1-18H,19H2,(H,28,30)(H,29,31). The van der Waals surface area contributed by atoms with E-state index in [9.17, 15) is 9.59 Å². The van der Waals surface area contributed by atoms with E-state index in [1.165, 1.54) is 0 Å². The molecule has 0 aromatic heterocycles.